The van der Waals surface area contributed by atoms with Crippen LogP contribution in [0.2, 0.25) is 0 Å². The Labute approximate surface area is 179 Å². The van der Waals surface area contributed by atoms with Gasteiger partial charge in [-0.25, -0.2) is 4.68 Å². The molecule has 1 aromatic heterocycles. The lowest BCUT2D eigenvalue weighted by atomic mass is 10.2. The van der Waals surface area contributed by atoms with E-state index in [1.165, 1.54) is 10.7 Å². The van der Waals surface area contributed by atoms with Crippen LogP contribution in [0.1, 0.15) is 26.5 Å². The van der Waals surface area contributed by atoms with Gasteiger partial charge in [0.05, 0.1) is 5.69 Å². The van der Waals surface area contributed by atoms with Crippen LogP contribution in [-0.4, -0.2) is 21.6 Å². The minimum atomic E-state index is -0.673. The van der Waals surface area contributed by atoms with Crippen molar-refractivity contribution in [1.82, 2.24) is 9.78 Å². The highest BCUT2D eigenvalue weighted by atomic mass is 16.5. The van der Waals surface area contributed by atoms with E-state index in [1.54, 1.807) is 36.4 Å². The number of amides is 2. The van der Waals surface area contributed by atoms with Crippen LogP contribution < -0.4 is 15.8 Å². The van der Waals surface area contributed by atoms with Crippen LogP contribution in [0.15, 0.2) is 84.9 Å². The number of carbonyl (C=O) groups excluding carboxylic acids is 2. The van der Waals surface area contributed by atoms with E-state index >= 15 is 0 Å². The van der Waals surface area contributed by atoms with Crippen molar-refractivity contribution in [1.29, 1.82) is 0 Å². The normalized spacial score (nSPS) is 10.5. The van der Waals surface area contributed by atoms with Gasteiger partial charge in [-0.05, 0) is 61.0 Å². The summed E-state index contributed by atoms with van der Waals surface area (Å²) in [6.07, 6.45) is 0. The third-order valence-electron chi connectivity index (χ3n) is 4.53. The molecule has 0 saturated carbocycles. The van der Waals surface area contributed by atoms with E-state index in [0.717, 1.165) is 11.3 Å². The molecule has 3 N–H and O–H groups in total. The van der Waals surface area contributed by atoms with Gasteiger partial charge in [0.25, 0.3) is 11.8 Å². The van der Waals surface area contributed by atoms with Gasteiger partial charge in [-0.1, -0.05) is 30.3 Å². The molecule has 0 aliphatic heterocycles. The number of carbonyl (C=O) groups is 2. The second-order valence-corrected chi connectivity index (χ2v) is 6.92. The lowest BCUT2D eigenvalue weighted by molar-refractivity contribution is 0.0991. The zero-order chi connectivity index (χ0) is 21.8. The maximum Gasteiger partial charge on any atom is 0.276 e. The maximum absolute atomic E-state index is 12.7. The first-order valence-electron chi connectivity index (χ1n) is 9.61. The summed E-state index contributed by atoms with van der Waals surface area (Å²) < 4.78 is 7.18. The van der Waals surface area contributed by atoms with Crippen molar-refractivity contribution in [2.75, 3.05) is 5.32 Å². The molecule has 7 heteroatoms. The highest BCUT2D eigenvalue weighted by Gasteiger charge is 2.18. The van der Waals surface area contributed by atoms with E-state index in [2.05, 4.69) is 10.4 Å². The zero-order valence-electron chi connectivity index (χ0n) is 16.8. The van der Waals surface area contributed by atoms with Crippen molar-refractivity contribution < 1.29 is 14.3 Å². The van der Waals surface area contributed by atoms with Gasteiger partial charge < -0.3 is 15.8 Å². The van der Waals surface area contributed by atoms with Gasteiger partial charge >= 0.3 is 0 Å². The van der Waals surface area contributed by atoms with Gasteiger partial charge in [0, 0.05) is 11.8 Å². The number of aryl methyl sites for hydroxylation is 1. The molecular formula is C24H20N4O3. The Morgan fingerprint density at radius 3 is 2.32 bits per heavy atom. The van der Waals surface area contributed by atoms with Crippen molar-refractivity contribution in [3.8, 4) is 17.2 Å². The van der Waals surface area contributed by atoms with E-state index in [-0.39, 0.29) is 11.4 Å². The molecule has 7 nitrogen and oxygen atoms in total. The summed E-state index contributed by atoms with van der Waals surface area (Å²) in [4.78, 5) is 24.5. The number of nitrogens with zero attached hydrogens (tertiary/aromatic N) is 2. The third kappa shape index (κ3) is 4.62. The number of hydrogen-bond acceptors (Lipinski definition) is 4. The number of primary amides is 1. The maximum atomic E-state index is 12.7. The predicted octanol–water partition coefficient (Wildman–Crippen LogP) is 4.32. The third-order valence-corrected chi connectivity index (χ3v) is 4.53. The topological polar surface area (TPSA) is 99.2 Å². The van der Waals surface area contributed by atoms with E-state index in [0.29, 0.717) is 17.1 Å². The highest BCUT2D eigenvalue weighted by molar-refractivity contribution is 6.04. The molecule has 4 rings (SSSR count). The first-order valence-corrected chi connectivity index (χ1v) is 9.61. The summed E-state index contributed by atoms with van der Waals surface area (Å²) >= 11 is 0. The lowest BCUT2D eigenvalue weighted by Gasteiger charge is -2.08. The highest BCUT2D eigenvalue weighted by Crippen LogP contribution is 2.24. The number of ether oxygens (including phenoxy) is 1. The Bertz CT molecular complexity index is 1230. The van der Waals surface area contributed by atoms with E-state index in [9.17, 15) is 9.59 Å². The average molecular weight is 412 g/mol. The lowest BCUT2D eigenvalue weighted by Crippen LogP contribution is -2.16. The number of benzene rings is 3. The van der Waals surface area contributed by atoms with Crippen molar-refractivity contribution in [2.45, 2.75) is 6.92 Å². The molecule has 1 heterocycles. The van der Waals surface area contributed by atoms with Gasteiger partial charge in [0.15, 0.2) is 5.69 Å². The van der Waals surface area contributed by atoms with E-state index < -0.39 is 11.8 Å². The fourth-order valence-corrected chi connectivity index (χ4v) is 3.05. The van der Waals surface area contributed by atoms with Crippen molar-refractivity contribution in [3.63, 3.8) is 0 Å². The Balaban J connectivity index is 1.50. The minimum absolute atomic E-state index is 0.0812. The zero-order valence-corrected chi connectivity index (χ0v) is 16.8. The van der Waals surface area contributed by atoms with Gasteiger partial charge in [0.2, 0.25) is 0 Å². The van der Waals surface area contributed by atoms with Crippen molar-refractivity contribution >= 4 is 17.5 Å². The molecule has 0 fully saturated rings. The first-order chi connectivity index (χ1) is 15.0. The smallest absolute Gasteiger partial charge is 0.276 e. The van der Waals surface area contributed by atoms with Crippen molar-refractivity contribution in [3.05, 3.63) is 102 Å². The number of para-hydroxylation sites is 1. The molecule has 0 saturated heterocycles. The quantitative estimate of drug-likeness (QED) is 0.492. The number of rotatable bonds is 6. The van der Waals surface area contributed by atoms with Crippen LogP contribution in [0, 0.1) is 6.92 Å². The molecule has 3 aromatic carbocycles. The van der Waals surface area contributed by atoms with E-state index in [1.807, 2.05) is 49.4 Å². The molecule has 4 aromatic rings. The first kappa shape index (κ1) is 19.9. The molecule has 0 radical (unpaired) electrons. The number of nitrogens with two attached hydrogens (primary N) is 1. The summed E-state index contributed by atoms with van der Waals surface area (Å²) in [6.45, 7) is 1.99. The Hall–Kier alpha value is -4.39. The number of nitrogens with one attached hydrogen (secondary N) is 1. The second kappa shape index (κ2) is 8.54. The largest absolute Gasteiger partial charge is 0.457 e. The summed E-state index contributed by atoms with van der Waals surface area (Å²) in [5.41, 5.74) is 7.97. The van der Waals surface area contributed by atoms with Crippen LogP contribution in [0.25, 0.3) is 5.69 Å². The number of hydrogen-bond donors (Lipinski definition) is 2. The number of anilines is 1. The monoisotopic (exact) mass is 412 g/mol. The summed E-state index contributed by atoms with van der Waals surface area (Å²) in [6, 6.07) is 25.1. The molecule has 154 valence electrons. The van der Waals surface area contributed by atoms with Crippen LogP contribution in [0.3, 0.4) is 0 Å². The predicted molar refractivity (Wildman–Crippen MR) is 118 cm³/mol. The van der Waals surface area contributed by atoms with Crippen LogP contribution in [0.4, 0.5) is 5.69 Å². The fraction of sp³-hybridized carbons (Fsp3) is 0.0417. The Morgan fingerprint density at radius 1 is 0.903 bits per heavy atom. The molecular weight excluding hydrogens is 392 g/mol. The SMILES string of the molecule is Cc1cccc(Oc2ccc(NC(=O)c3cc(C(N)=O)n(-c4ccccc4)n3)cc2)c1. The van der Waals surface area contributed by atoms with Crippen LogP contribution in [-0.2, 0) is 0 Å². The van der Waals surface area contributed by atoms with Gasteiger partial charge in [-0.3, -0.25) is 9.59 Å². The molecule has 0 unspecified atom stereocenters. The standard InChI is InChI=1S/C24H20N4O3/c1-16-6-5-9-20(14-16)31-19-12-10-17(11-13-19)26-24(30)21-15-22(23(25)29)28(27-21)18-7-3-2-4-8-18/h2-15H,1H3,(H2,25,29)(H,26,30). The Morgan fingerprint density at radius 2 is 1.65 bits per heavy atom. The summed E-state index contributed by atoms with van der Waals surface area (Å²) in [5, 5.41) is 7.03. The fourth-order valence-electron chi connectivity index (χ4n) is 3.05. The van der Waals surface area contributed by atoms with Crippen molar-refractivity contribution in [2.24, 2.45) is 5.73 Å². The van der Waals surface area contributed by atoms with Gasteiger partial charge in [0.1, 0.15) is 17.2 Å². The molecule has 0 spiro atoms. The molecule has 0 bridgehead atoms. The number of aromatic nitrogens is 2. The summed E-state index contributed by atoms with van der Waals surface area (Å²) in [5.74, 6) is 0.257. The van der Waals surface area contributed by atoms with Gasteiger partial charge in [-0.15, -0.1) is 0 Å². The van der Waals surface area contributed by atoms with Crippen LogP contribution >= 0.6 is 0 Å². The molecule has 0 aliphatic rings. The summed E-state index contributed by atoms with van der Waals surface area (Å²) in [7, 11) is 0. The van der Waals surface area contributed by atoms with E-state index in [4.69, 9.17) is 10.5 Å². The second-order valence-electron chi connectivity index (χ2n) is 6.92. The average Bonchev–Trinajstić information content (AvgIpc) is 3.22. The minimum Gasteiger partial charge on any atom is -0.457 e. The molecule has 31 heavy (non-hydrogen) atoms. The molecule has 0 atom stereocenters. The van der Waals surface area contributed by atoms with Gasteiger partial charge in [-0.2, -0.15) is 5.10 Å². The molecule has 2 amide bonds. The van der Waals surface area contributed by atoms with Crippen LogP contribution in [0.5, 0.6) is 11.5 Å². The molecule has 0 aliphatic carbocycles. The Kier molecular flexibility index (Phi) is 5.49.